The first-order valence-electron chi connectivity index (χ1n) is 6.82. The second-order valence-electron chi connectivity index (χ2n) is 5.58. The SMILES string of the molecule is CN(CC1CCC1)C(=O)c1ccc2c(c1)NC(=O)C2. The molecule has 1 aromatic carbocycles. The molecular weight excluding hydrogens is 240 g/mol. The summed E-state index contributed by atoms with van der Waals surface area (Å²) in [4.78, 5) is 25.4. The summed E-state index contributed by atoms with van der Waals surface area (Å²) < 4.78 is 0. The Morgan fingerprint density at radius 1 is 1.42 bits per heavy atom. The monoisotopic (exact) mass is 258 g/mol. The lowest BCUT2D eigenvalue weighted by molar-refractivity contribution is -0.115. The lowest BCUT2D eigenvalue weighted by Gasteiger charge is -2.30. The van der Waals surface area contributed by atoms with Crippen LogP contribution in [0.2, 0.25) is 0 Å². The van der Waals surface area contributed by atoms with E-state index in [1.54, 1.807) is 11.0 Å². The number of nitrogens with zero attached hydrogens (tertiary/aromatic N) is 1. The molecule has 100 valence electrons. The van der Waals surface area contributed by atoms with E-state index >= 15 is 0 Å². The predicted octanol–water partition coefficient (Wildman–Crippen LogP) is 2.05. The molecule has 0 radical (unpaired) electrons. The van der Waals surface area contributed by atoms with E-state index in [0.29, 0.717) is 17.9 Å². The molecule has 0 unspecified atom stereocenters. The fourth-order valence-electron chi connectivity index (χ4n) is 2.71. The van der Waals surface area contributed by atoms with Crippen LogP contribution in [0.1, 0.15) is 35.2 Å². The molecule has 0 saturated heterocycles. The first-order valence-corrected chi connectivity index (χ1v) is 6.82. The summed E-state index contributed by atoms with van der Waals surface area (Å²) in [7, 11) is 1.85. The van der Waals surface area contributed by atoms with Crippen LogP contribution >= 0.6 is 0 Å². The van der Waals surface area contributed by atoms with E-state index in [-0.39, 0.29) is 11.8 Å². The van der Waals surface area contributed by atoms with Crippen molar-refractivity contribution in [1.29, 1.82) is 0 Å². The number of nitrogens with one attached hydrogen (secondary N) is 1. The Bertz CT molecular complexity index is 535. The van der Waals surface area contributed by atoms with Crippen molar-refractivity contribution >= 4 is 17.5 Å². The van der Waals surface area contributed by atoms with Crippen LogP contribution < -0.4 is 5.32 Å². The van der Waals surface area contributed by atoms with Crippen LogP contribution in [-0.2, 0) is 11.2 Å². The maximum Gasteiger partial charge on any atom is 0.253 e. The van der Waals surface area contributed by atoms with Crippen molar-refractivity contribution in [3.8, 4) is 0 Å². The highest BCUT2D eigenvalue weighted by atomic mass is 16.2. The molecule has 3 rings (SSSR count). The van der Waals surface area contributed by atoms with Gasteiger partial charge in [-0.2, -0.15) is 0 Å². The molecule has 1 N–H and O–H groups in total. The first kappa shape index (κ1) is 12.2. The molecule has 0 aromatic heterocycles. The molecule has 0 atom stereocenters. The Labute approximate surface area is 112 Å². The van der Waals surface area contributed by atoms with E-state index in [1.165, 1.54) is 19.3 Å². The molecule has 4 nitrogen and oxygen atoms in total. The minimum atomic E-state index is 0.00224. The summed E-state index contributed by atoms with van der Waals surface area (Å²) in [5, 5.41) is 2.79. The molecule has 1 aromatic rings. The maximum atomic E-state index is 12.3. The largest absolute Gasteiger partial charge is 0.341 e. The Kier molecular flexibility index (Phi) is 3.01. The van der Waals surface area contributed by atoms with Gasteiger partial charge in [-0.1, -0.05) is 12.5 Å². The lowest BCUT2D eigenvalue weighted by Crippen LogP contribution is -2.34. The van der Waals surface area contributed by atoms with E-state index in [9.17, 15) is 9.59 Å². The normalized spacial score (nSPS) is 17.6. The summed E-state index contributed by atoms with van der Waals surface area (Å²) in [5.74, 6) is 0.710. The highest BCUT2D eigenvalue weighted by molar-refractivity contribution is 6.02. The number of amides is 2. The van der Waals surface area contributed by atoms with Gasteiger partial charge in [0.25, 0.3) is 5.91 Å². The zero-order valence-electron chi connectivity index (χ0n) is 11.1. The molecule has 1 heterocycles. The number of fused-ring (bicyclic) bond motifs is 1. The molecule has 2 aliphatic rings. The van der Waals surface area contributed by atoms with Gasteiger partial charge in [-0.25, -0.2) is 0 Å². The maximum absolute atomic E-state index is 12.3. The van der Waals surface area contributed by atoms with Gasteiger partial charge in [0.05, 0.1) is 6.42 Å². The molecule has 2 amide bonds. The summed E-state index contributed by atoms with van der Waals surface area (Å²) in [6.45, 7) is 0.836. The third kappa shape index (κ3) is 2.35. The molecule has 19 heavy (non-hydrogen) atoms. The molecule has 1 saturated carbocycles. The van der Waals surface area contributed by atoms with Crippen molar-refractivity contribution in [1.82, 2.24) is 4.90 Å². The van der Waals surface area contributed by atoms with Crippen LogP contribution in [0.3, 0.4) is 0 Å². The van der Waals surface area contributed by atoms with Crippen molar-refractivity contribution in [2.45, 2.75) is 25.7 Å². The Balaban J connectivity index is 1.73. The van der Waals surface area contributed by atoms with Crippen LogP contribution in [-0.4, -0.2) is 30.3 Å². The van der Waals surface area contributed by atoms with Gasteiger partial charge >= 0.3 is 0 Å². The number of anilines is 1. The van der Waals surface area contributed by atoms with Gasteiger partial charge in [0, 0.05) is 24.8 Å². The quantitative estimate of drug-likeness (QED) is 0.902. The average Bonchev–Trinajstić information content (AvgIpc) is 2.71. The highest BCUT2D eigenvalue weighted by Gasteiger charge is 2.23. The summed E-state index contributed by atoms with van der Waals surface area (Å²) in [6, 6.07) is 5.48. The van der Waals surface area contributed by atoms with Gasteiger partial charge in [0.1, 0.15) is 0 Å². The highest BCUT2D eigenvalue weighted by Crippen LogP contribution is 2.28. The number of hydrogen-bond donors (Lipinski definition) is 1. The second kappa shape index (κ2) is 4.68. The van der Waals surface area contributed by atoms with Gasteiger partial charge in [0.15, 0.2) is 0 Å². The summed E-state index contributed by atoms with van der Waals surface area (Å²) in [6.07, 6.45) is 4.18. The topological polar surface area (TPSA) is 49.4 Å². The van der Waals surface area contributed by atoms with Gasteiger partial charge in [-0.15, -0.1) is 0 Å². The van der Waals surface area contributed by atoms with Crippen LogP contribution in [0.25, 0.3) is 0 Å². The smallest absolute Gasteiger partial charge is 0.253 e. The van der Waals surface area contributed by atoms with E-state index in [0.717, 1.165) is 17.8 Å². The fourth-order valence-corrected chi connectivity index (χ4v) is 2.71. The standard InChI is InChI=1S/C15H18N2O2/c1-17(9-10-3-2-4-10)15(19)12-6-5-11-8-14(18)16-13(11)7-12/h5-7,10H,2-4,8-9H2,1H3,(H,16,18). The Morgan fingerprint density at radius 3 is 2.89 bits per heavy atom. The number of rotatable bonds is 3. The summed E-state index contributed by atoms with van der Waals surface area (Å²) >= 11 is 0. The molecule has 1 aliphatic heterocycles. The summed E-state index contributed by atoms with van der Waals surface area (Å²) in [5.41, 5.74) is 2.42. The van der Waals surface area contributed by atoms with Crippen LogP contribution in [0.5, 0.6) is 0 Å². The van der Waals surface area contributed by atoms with Gasteiger partial charge in [-0.05, 0) is 36.5 Å². The number of carbonyl (C=O) groups is 2. The minimum Gasteiger partial charge on any atom is -0.341 e. The molecule has 0 spiro atoms. The van der Waals surface area contributed by atoms with Crippen LogP contribution in [0.4, 0.5) is 5.69 Å². The number of carbonyl (C=O) groups excluding carboxylic acids is 2. The first-order chi connectivity index (χ1) is 9.13. The van der Waals surface area contributed by atoms with Crippen LogP contribution in [0, 0.1) is 5.92 Å². The fraction of sp³-hybridized carbons (Fsp3) is 0.467. The van der Waals surface area contributed by atoms with Crippen molar-refractivity contribution < 1.29 is 9.59 Å². The van der Waals surface area contributed by atoms with Crippen molar-refractivity contribution in [2.75, 3.05) is 18.9 Å². The number of hydrogen-bond acceptors (Lipinski definition) is 2. The van der Waals surface area contributed by atoms with E-state index in [1.807, 2.05) is 19.2 Å². The zero-order chi connectivity index (χ0) is 13.4. The van der Waals surface area contributed by atoms with E-state index in [4.69, 9.17) is 0 Å². The van der Waals surface area contributed by atoms with Gasteiger partial charge in [-0.3, -0.25) is 9.59 Å². The molecule has 4 heteroatoms. The molecule has 0 bridgehead atoms. The average molecular weight is 258 g/mol. The predicted molar refractivity (Wildman–Crippen MR) is 73.1 cm³/mol. The third-order valence-electron chi connectivity index (χ3n) is 4.09. The van der Waals surface area contributed by atoms with E-state index < -0.39 is 0 Å². The third-order valence-corrected chi connectivity index (χ3v) is 4.09. The second-order valence-corrected chi connectivity index (χ2v) is 5.58. The minimum absolute atomic E-state index is 0.00224. The van der Waals surface area contributed by atoms with Crippen molar-refractivity contribution in [3.63, 3.8) is 0 Å². The van der Waals surface area contributed by atoms with E-state index in [2.05, 4.69) is 5.32 Å². The lowest BCUT2D eigenvalue weighted by atomic mass is 9.85. The van der Waals surface area contributed by atoms with Crippen molar-refractivity contribution in [3.05, 3.63) is 29.3 Å². The van der Waals surface area contributed by atoms with Gasteiger partial charge in [0.2, 0.25) is 5.91 Å². The Morgan fingerprint density at radius 2 is 2.21 bits per heavy atom. The Hall–Kier alpha value is -1.84. The number of benzene rings is 1. The van der Waals surface area contributed by atoms with Gasteiger partial charge < -0.3 is 10.2 Å². The molecular formula is C15H18N2O2. The van der Waals surface area contributed by atoms with Crippen molar-refractivity contribution in [2.24, 2.45) is 5.92 Å². The molecule has 1 fully saturated rings. The molecule has 1 aliphatic carbocycles. The van der Waals surface area contributed by atoms with Crippen LogP contribution in [0.15, 0.2) is 18.2 Å². The zero-order valence-corrected chi connectivity index (χ0v) is 11.1.